The third-order valence-corrected chi connectivity index (χ3v) is 1.26. The Hall–Kier alpha value is 0.0700. The molecule has 0 amide bonds. The molecular weight excluding hydrogens is 195 g/mol. The molecule has 0 spiro atoms. The topological polar surface area (TPSA) is 98.0 Å². The maximum absolute atomic E-state index is 8.88. The van der Waals surface area contributed by atoms with E-state index in [9.17, 15) is 0 Å². The van der Waals surface area contributed by atoms with E-state index in [1.54, 1.807) is 0 Å². The molecule has 82 valence electrons. The van der Waals surface area contributed by atoms with Gasteiger partial charge in [-0.25, -0.2) is 4.57 Å². The maximum Gasteiger partial charge on any atom is 0.466 e. The van der Waals surface area contributed by atoms with Crippen LogP contribution in [-0.4, -0.2) is 26.4 Å². The third kappa shape index (κ3) is 47.6. The zero-order chi connectivity index (χ0) is 10.7. The first kappa shape index (κ1) is 15.5. The lowest BCUT2D eigenvalue weighted by Gasteiger charge is -1.93. The number of aliphatic hydroxyl groups excluding tert-OH is 1. The second-order valence-corrected chi connectivity index (χ2v) is 3.68. The van der Waals surface area contributed by atoms with Crippen LogP contribution in [0.1, 0.15) is 39.0 Å². The smallest absolute Gasteiger partial charge is 0.396 e. The first-order valence-corrected chi connectivity index (χ1v) is 5.87. The van der Waals surface area contributed by atoms with E-state index in [1.165, 1.54) is 25.7 Å². The average Bonchev–Trinajstić information content (AvgIpc) is 1.95. The van der Waals surface area contributed by atoms with Gasteiger partial charge in [-0.3, -0.25) is 0 Å². The maximum atomic E-state index is 8.88. The summed E-state index contributed by atoms with van der Waals surface area (Å²) in [6.45, 7) is 2.56. The van der Waals surface area contributed by atoms with Gasteiger partial charge in [-0.05, 0) is 6.42 Å². The summed E-state index contributed by atoms with van der Waals surface area (Å²) >= 11 is 0. The SMILES string of the molecule is CCCCCCCO.O=P(O)(O)O. The molecule has 0 bridgehead atoms. The van der Waals surface area contributed by atoms with Crippen LogP contribution in [0.3, 0.4) is 0 Å². The van der Waals surface area contributed by atoms with E-state index < -0.39 is 7.82 Å². The molecule has 13 heavy (non-hydrogen) atoms. The summed E-state index contributed by atoms with van der Waals surface area (Å²) in [6, 6.07) is 0. The molecule has 0 aliphatic carbocycles. The molecule has 0 fully saturated rings. The van der Waals surface area contributed by atoms with Crippen LogP contribution in [-0.2, 0) is 4.57 Å². The van der Waals surface area contributed by atoms with E-state index in [1.807, 2.05) is 0 Å². The highest BCUT2D eigenvalue weighted by Gasteiger charge is 2.00. The van der Waals surface area contributed by atoms with Gasteiger partial charge in [0.2, 0.25) is 0 Å². The molecule has 0 atom stereocenters. The molecule has 0 saturated heterocycles. The van der Waals surface area contributed by atoms with Crippen molar-refractivity contribution >= 4 is 7.82 Å². The van der Waals surface area contributed by atoms with Gasteiger partial charge in [0.25, 0.3) is 0 Å². The summed E-state index contributed by atoms with van der Waals surface area (Å²) in [6.07, 6.45) is 6.08. The molecule has 0 aromatic rings. The molecular formula is C7H19O5P. The number of hydrogen-bond donors (Lipinski definition) is 4. The van der Waals surface area contributed by atoms with Crippen LogP contribution in [0.15, 0.2) is 0 Å². The van der Waals surface area contributed by atoms with Crippen molar-refractivity contribution in [3.63, 3.8) is 0 Å². The van der Waals surface area contributed by atoms with Gasteiger partial charge >= 0.3 is 7.82 Å². The van der Waals surface area contributed by atoms with Gasteiger partial charge in [0.15, 0.2) is 0 Å². The molecule has 0 saturated carbocycles. The average molecular weight is 214 g/mol. The Morgan fingerprint density at radius 1 is 1.00 bits per heavy atom. The third-order valence-electron chi connectivity index (χ3n) is 1.26. The molecule has 0 radical (unpaired) electrons. The first-order valence-electron chi connectivity index (χ1n) is 4.31. The number of unbranched alkanes of at least 4 members (excludes halogenated alkanes) is 4. The highest BCUT2D eigenvalue weighted by atomic mass is 31.2. The summed E-state index contributed by atoms with van der Waals surface area (Å²) in [5.74, 6) is 0. The predicted octanol–water partition coefficient (Wildman–Crippen LogP) is 1.02. The van der Waals surface area contributed by atoms with E-state index in [0.717, 1.165) is 6.42 Å². The highest BCUT2D eigenvalue weighted by molar-refractivity contribution is 7.45. The molecule has 4 N–H and O–H groups in total. The number of hydrogen-bond acceptors (Lipinski definition) is 2. The number of aliphatic hydroxyl groups is 1. The van der Waals surface area contributed by atoms with Crippen LogP contribution in [0, 0.1) is 0 Å². The van der Waals surface area contributed by atoms with Gasteiger partial charge in [0.05, 0.1) is 0 Å². The lowest BCUT2D eigenvalue weighted by molar-refractivity contribution is 0.275. The summed E-state index contributed by atoms with van der Waals surface area (Å²) in [7, 11) is -4.64. The molecule has 0 heterocycles. The van der Waals surface area contributed by atoms with Gasteiger partial charge in [0, 0.05) is 6.61 Å². The molecule has 0 aromatic carbocycles. The van der Waals surface area contributed by atoms with Crippen LogP contribution in [0.25, 0.3) is 0 Å². The fraction of sp³-hybridized carbons (Fsp3) is 1.00. The van der Waals surface area contributed by atoms with Crippen molar-refractivity contribution in [2.45, 2.75) is 39.0 Å². The molecule has 6 heteroatoms. The molecule has 0 unspecified atom stereocenters. The van der Waals surface area contributed by atoms with Gasteiger partial charge in [-0.15, -0.1) is 0 Å². The zero-order valence-electron chi connectivity index (χ0n) is 7.89. The minimum atomic E-state index is -4.64. The monoisotopic (exact) mass is 214 g/mol. The Morgan fingerprint density at radius 3 is 1.69 bits per heavy atom. The summed E-state index contributed by atoms with van der Waals surface area (Å²) in [4.78, 5) is 21.6. The second-order valence-electron chi connectivity index (χ2n) is 2.65. The van der Waals surface area contributed by atoms with Gasteiger partial charge in [-0.1, -0.05) is 32.6 Å². The van der Waals surface area contributed by atoms with Crippen molar-refractivity contribution < 1.29 is 24.4 Å². The lowest BCUT2D eigenvalue weighted by Crippen LogP contribution is -1.81. The van der Waals surface area contributed by atoms with Crippen molar-refractivity contribution in [1.29, 1.82) is 0 Å². The van der Waals surface area contributed by atoms with E-state index in [0.29, 0.717) is 6.61 Å². The number of phosphoric acid groups is 1. The minimum Gasteiger partial charge on any atom is -0.396 e. The first-order chi connectivity index (χ1) is 5.91. The van der Waals surface area contributed by atoms with E-state index >= 15 is 0 Å². The Balaban J connectivity index is 0. The van der Waals surface area contributed by atoms with Gasteiger partial charge in [-0.2, -0.15) is 0 Å². The lowest BCUT2D eigenvalue weighted by atomic mass is 10.2. The van der Waals surface area contributed by atoms with Crippen LogP contribution < -0.4 is 0 Å². The van der Waals surface area contributed by atoms with Gasteiger partial charge < -0.3 is 19.8 Å². The van der Waals surface area contributed by atoms with Crippen molar-refractivity contribution in [3.05, 3.63) is 0 Å². The van der Waals surface area contributed by atoms with Crippen LogP contribution >= 0.6 is 7.82 Å². The van der Waals surface area contributed by atoms with Crippen LogP contribution in [0.2, 0.25) is 0 Å². The van der Waals surface area contributed by atoms with E-state index in [2.05, 4.69) is 6.92 Å². The van der Waals surface area contributed by atoms with Gasteiger partial charge in [0.1, 0.15) is 0 Å². The summed E-state index contributed by atoms with van der Waals surface area (Å²) in [5.41, 5.74) is 0. The summed E-state index contributed by atoms with van der Waals surface area (Å²) in [5, 5.41) is 8.37. The molecule has 5 nitrogen and oxygen atoms in total. The van der Waals surface area contributed by atoms with Crippen LogP contribution in [0.4, 0.5) is 0 Å². The Bertz CT molecular complexity index is 119. The van der Waals surface area contributed by atoms with E-state index in [4.69, 9.17) is 24.4 Å². The second kappa shape index (κ2) is 10.2. The quantitative estimate of drug-likeness (QED) is 0.404. The Kier molecular flexibility index (Phi) is 12.1. The highest BCUT2D eigenvalue weighted by Crippen LogP contribution is 2.25. The number of rotatable bonds is 5. The molecule has 0 rings (SSSR count). The van der Waals surface area contributed by atoms with Crippen LogP contribution in [0.5, 0.6) is 0 Å². The fourth-order valence-corrected chi connectivity index (χ4v) is 0.715. The van der Waals surface area contributed by atoms with Crippen molar-refractivity contribution in [2.75, 3.05) is 6.61 Å². The predicted molar refractivity (Wildman–Crippen MR) is 50.1 cm³/mol. The Morgan fingerprint density at radius 2 is 1.38 bits per heavy atom. The van der Waals surface area contributed by atoms with Crippen molar-refractivity contribution in [1.82, 2.24) is 0 Å². The van der Waals surface area contributed by atoms with E-state index in [-0.39, 0.29) is 0 Å². The molecule has 0 aromatic heterocycles. The zero-order valence-corrected chi connectivity index (χ0v) is 8.78. The Labute approximate surface area is 78.7 Å². The normalized spacial score (nSPS) is 10.5. The molecule has 0 aliphatic rings. The summed E-state index contributed by atoms with van der Waals surface area (Å²) < 4.78 is 8.88. The minimum absolute atomic E-state index is 0.365. The standard InChI is InChI=1S/C7H16O.H3O4P/c1-2-3-4-5-6-7-8;1-5(2,3)4/h8H,2-7H2,1H3;(H3,1,2,3,4). The molecule has 0 aliphatic heterocycles. The van der Waals surface area contributed by atoms with Crippen molar-refractivity contribution in [2.24, 2.45) is 0 Å². The fourth-order valence-electron chi connectivity index (χ4n) is 0.715. The largest absolute Gasteiger partial charge is 0.466 e. The van der Waals surface area contributed by atoms with Crippen molar-refractivity contribution in [3.8, 4) is 0 Å².